The van der Waals surface area contributed by atoms with Crippen LogP contribution in [0.4, 0.5) is 0 Å². The van der Waals surface area contributed by atoms with Gasteiger partial charge in [0.05, 0.1) is 49.9 Å². The van der Waals surface area contributed by atoms with Crippen molar-refractivity contribution in [1.82, 2.24) is 0 Å². The molecule has 0 radical (unpaired) electrons. The third-order valence-electron chi connectivity index (χ3n) is 3.56. The highest BCUT2D eigenvalue weighted by atomic mass is 127. The first-order valence-electron chi connectivity index (χ1n) is 10.5. The van der Waals surface area contributed by atoms with Crippen LogP contribution in [0.25, 0.3) is 0 Å². The highest BCUT2D eigenvalue weighted by Gasteiger charge is 2.32. The van der Waals surface area contributed by atoms with Gasteiger partial charge in [-0.3, -0.25) is 19.2 Å². The molecule has 4 atom stereocenters. The molecular weight excluding hydrogens is 714 g/mol. The number of esters is 4. The summed E-state index contributed by atoms with van der Waals surface area (Å²) in [5, 5.41) is 17.1. The number of aliphatic hydroxyl groups excluding tert-OH is 2. The summed E-state index contributed by atoms with van der Waals surface area (Å²) < 4.78 is 19.3. The first kappa shape index (κ1) is 36.4. The summed E-state index contributed by atoms with van der Waals surface area (Å²) in [6, 6.07) is 0. The van der Waals surface area contributed by atoms with E-state index in [1.807, 2.05) is 44.7 Å². The smallest absolute Gasteiger partial charge is 0.306 e. The van der Waals surface area contributed by atoms with Crippen LogP contribution in [0, 0.1) is 0 Å². The van der Waals surface area contributed by atoms with Crippen molar-refractivity contribution in [3.05, 3.63) is 0 Å². The molecule has 0 aliphatic rings. The van der Waals surface area contributed by atoms with E-state index in [1.54, 1.807) is 27.7 Å². The van der Waals surface area contributed by atoms with Crippen molar-refractivity contribution in [3.8, 4) is 0 Å². The second kappa shape index (κ2) is 21.3. The normalized spacial score (nSPS) is 12.1. The predicted molar refractivity (Wildman–Crippen MR) is 154 cm³/mol. The fraction of sp³-hybridized carbons (Fsp3) is 0.778. The Morgan fingerprint density at radius 3 is 1.56 bits per heavy atom. The van der Waals surface area contributed by atoms with Crippen LogP contribution in [0.3, 0.4) is 0 Å². The Morgan fingerprint density at radius 2 is 1.15 bits per heavy atom. The summed E-state index contributed by atoms with van der Waals surface area (Å²) in [7, 11) is 4.93. The zero-order chi connectivity index (χ0) is 26.8. The maximum absolute atomic E-state index is 11.7. The Kier molecular flexibility index (Phi) is 22.9. The Morgan fingerprint density at radius 1 is 0.735 bits per heavy atom. The van der Waals surface area contributed by atoms with Gasteiger partial charge in [-0.05, 0) is 27.7 Å². The Labute approximate surface area is 233 Å². The van der Waals surface area contributed by atoms with Gasteiger partial charge in [-0.1, -0.05) is 0 Å². The first-order valence-corrected chi connectivity index (χ1v) is 14.3. The molecule has 0 aromatic heterocycles. The van der Waals surface area contributed by atoms with Gasteiger partial charge in [-0.15, -0.1) is 44.7 Å². The topological polar surface area (TPSA) is 146 Å². The Hall–Kier alpha value is 0.250. The van der Waals surface area contributed by atoms with Gasteiger partial charge in [0.2, 0.25) is 0 Å². The summed E-state index contributed by atoms with van der Waals surface area (Å²) in [5.74, 6) is -2.94. The minimum Gasteiger partial charge on any atom is -0.463 e. The quantitative estimate of drug-likeness (QED) is 0.0891. The molecule has 0 aliphatic carbocycles. The van der Waals surface area contributed by atoms with E-state index in [9.17, 15) is 19.2 Å². The van der Waals surface area contributed by atoms with Gasteiger partial charge >= 0.3 is 23.9 Å². The van der Waals surface area contributed by atoms with E-state index in [1.165, 1.54) is 0 Å². The molecule has 0 bridgehead atoms. The SMILES string of the molecule is CC(C)OC(=O)C(CC(=O)OCCO)B(P)I.CC(C)OC(=O)CC(B(P)I)C(=O)OCCO. The Bertz CT molecular complexity index is 628. The van der Waals surface area contributed by atoms with Crippen molar-refractivity contribution in [2.75, 3.05) is 26.4 Å². The number of carbonyl (C=O) groups excluding carboxylic acids is 4. The molecule has 0 amide bonds. The van der Waals surface area contributed by atoms with Crippen LogP contribution in [0.2, 0.25) is 11.6 Å². The molecule has 0 saturated heterocycles. The molecular formula is C18H34B2I2O10P2. The lowest BCUT2D eigenvalue weighted by molar-refractivity contribution is -0.152. The predicted octanol–water partition coefficient (Wildman–Crippen LogP) is 2.06. The van der Waals surface area contributed by atoms with Gasteiger partial charge in [-0.25, -0.2) is 0 Å². The molecule has 4 unspecified atom stereocenters. The second-order valence-corrected chi connectivity index (χ2v) is 14.4. The third kappa shape index (κ3) is 19.4. The van der Waals surface area contributed by atoms with E-state index in [4.69, 9.17) is 29.2 Å². The Balaban J connectivity index is 0. The number of carbonyl (C=O) groups is 4. The minimum absolute atomic E-state index is 0.0143. The fourth-order valence-corrected chi connectivity index (χ4v) is 3.80. The largest absolute Gasteiger partial charge is 0.463 e. The van der Waals surface area contributed by atoms with Crippen LogP contribution in [-0.2, 0) is 38.1 Å². The van der Waals surface area contributed by atoms with E-state index in [-0.39, 0.29) is 60.1 Å². The summed E-state index contributed by atoms with van der Waals surface area (Å²) in [6.45, 7) is 6.46. The molecule has 0 saturated carbocycles. The first-order chi connectivity index (χ1) is 15.8. The van der Waals surface area contributed by atoms with Crippen molar-refractivity contribution in [3.63, 3.8) is 0 Å². The van der Waals surface area contributed by atoms with Crippen LogP contribution in [0.5, 0.6) is 0 Å². The molecule has 0 aromatic carbocycles. The molecule has 10 nitrogen and oxygen atoms in total. The zero-order valence-electron chi connectivity index (χ0n) is 19.8. The molecule has 0 spiro atoms. The van der Waals surface area contributed by atoms with Crippen molar-refractivity contribution in [1.29, 1.82) is 0 Å². The zero-order valence-corrected chi connectivity index (χ0v) is 26.4. The van der Waals surface area contributed by atoms with Gasteiger partial charge in [0, 0.05) is 0 Å². The molecule has 16 heteroatoms. The highest BCUT2D eigenvalue weighted by Crippen LogP contribution is 2.28. The van der Waals surface area contributed by atoms with Crippen LogP contribution in [-0.4, -0.2) is 81.3 Å². The minimum atomic E-state index is -0.571. The van der Waals surface area contributed by atoms with Gasteiger partial charge < -0.3 is 29.2 Å². The van der Waals surface area contributed by atoms with Crippen molar-refractivity contribution < 1.29 is 48.3 Å². The molecule has 0 rings (SSSR count). The number of ether oxygens (including phenoxy) is 4. The van der Waals surface area contributed by atoms with Crippen molar-refractivity contribution in [2.45, 2.75) is 64.4 Å². The number of halogens is 2. The lowest BCUT2D eigenvalue weighted by atomic mass is 9.82. The average molecular weight is 748 g/mol. The van der Waals surface area contributed by atoms with E-state index in [2.05, 4.69) is 18.2 Å². The third-order valence-corrected chi connectivity index (χ3v) is 6.22. The summed E-state index contributed by atoms with van der Waals surface area (Å²) in [5.41, 5.74) is 0. The molecule has 34 heavy (non-hydrogen) atoms. The van der Waals surface area contributed by atoms with E-state index in [0.717, 1.165) is 0 Å². The second-order valence-electron chi connectivity index (χ2n) is 7.37. The maximum Gasteiger partial charge on any atom is 0.306 e. The van der Waals surface area contributed by atoms with Crippen LogP contribution >= 0.6 is 63.0 Å². The van der Waals surface area contributed by atoms with Gasteiger partial charge in [-0.2, -0.15) is 18.2 Å². The molecule has 196 valence electrons. The van der Waals surface area contributed by atoms with Crippen molar-refractivity contribution in [2.24, 2.45) is 0 Å². The molecule has 0 aromatic rings. The maximum atomic E-state index is 11.7. The lowest BCUT2D eigenvalue weighted by Crippen LogP contribution is -2.26. The summed E-state index contributed by atoms with van der Waals surface area (Å²) >= 11 is 4.07. The standard InChI is InChI=1S/2C9H17BIO5P/c1-6(2)16-8(13)5-7(10(11)17)9(14)15-4-3-12;1-6(2)16-9(14)7(10(11)17)5-8(13)15-4-3-12/h2*6-7,12H,3-5,17H2,1-2H3. The van der Waals surface area contributed by atoms with E-state index in [0.29, 0.717) is 0 Å². The number of hydrogen-bond acceptors (Lipinski definition) is 10. The van der Waals surface area contributed by atoms with Gasteiger partial charge in [0.25, 0.3) is 8.58 Å². The number of rotatable bonds is 14. The van der Waals surface area contributed by atoms with Gasteiger partial charge in [0.1, 0.15) is 13.2 Å². The summed E-state index contributed by atoms with van der Waals surface area (Å²) in [4.78, 5) is 46.1. The molecule has 0 heterocycles. The monoisotopic (exact) mass is 748 g/mol. The van der Waals surface area contributed by atoms with Crippen LogP contribution in [0.15, 0.2) is 0 Å². The highest BCUT2D eigenvalue weighted by molar-refractivity contribution is 14.1. The van der Waals surface area contributed by atoms with Crippen molar-refractivity contribution >= 4 is 95.4 Å². The van der Waals surface area contributed by atoms with E-state index < -0.39 is 35.5 Å². The van der Waals surface area contributed by atoms with Gasteiger partial charge in [0.15, 0.2) is 0 Å². The van der Waals surface area contributed by atoms with Crippen LogP contribution < -0.4 is 0 Å². The summed E-state index contributed by atoms with van der Waals surface area (Å²) in [6.07, 6.45) is -0.463. The molecule has 2 N–H and O–H groups in total. The van der Waals surface area contributed by atoms with Crippen LogP contribution in [0.1, 0.15) is 40.5 Å². The fourth-order valence-electron chi connectivity index (χ4n) is 2.11. The lowest BCUT2D eigenvalue weighted by Gasteiger charge is -2.17. The average Bonchev–Trinajstić information content (AvgIpc) is 2.71. The molecule has 0 aliphatic heterocycles. The van der Waals surface area contributed by atoms with E-state index >= 15 is 0 Å². The molecule has 0 fully saturated rings. The number of aliphatic hydroxyl groups is 2. The number of hydrogen-bond donors (Lipinski definition) is 2.